The topological polar surface area (TPSA) is 75.9 Å². The first kappa shape index (κ1) is 15.6. The van der Waals surface area contributed by atoms with E-state index < -0.39 is 6.04 Å². The van der Waals surface area contributed by atoms with Gasteiger partial charge in [-0.1, -0.05) is 30.3 Å². The molecule has 122 valence electrons. The predicted octanol–water partition coefficient (Wildman–Crippen LogP) is 0.669. The fourth-order valence-corrected chi connectivity index (χ4v) is 2.92. The zero-order valence-corrected chi connectivity index (χ0v) is 13.1. The molecule has 1 aliphatic heterocycles. The number of hydrogen-bond donors (Lipinski definition) is 1. The van der Waals surface area contributed by atoms with E-state index in [0.717, 1.165) is 25.2 Å². The van der Waals surface area contributed by atoms with Crippen LogP contribution >= 0.6 is 0 Å². The van der Waals surface area contributed by atoms with Crippen LogP contribution in [0, 0.1) is 0 Å². The van der Waals surface area contributed by atoms with Gasteiger partial charge in [-0.15, -0.1) is 5.10 Å². The van der Waals surface area contributed by atoms with Gasteiger partial charge in [-0.05, 0) is 41.9 Å². The lowest BCUT2D eigenvalue weighted by molar-refractivity contribution is -0.124. The Morgan fingerprint density at radius 2 is 2.00 bits per heavy atom. The van der Waals surface area contributed by atoms with Crippen molar-refractivity contribution in [2.75, 3.05) is 26.2 Å². The van der Waals surface area contributed by atoms with Crippen LogP contribution in [0.5, 0.6) is 0 Å². The molecule has 1 saturated heterocycles. The molecule has 2 heterocycles. The van der Waals surface area contributed by atoms with E-state index in [4.69, 9.17) is 0 Å². The molecule has 1 fully saturated rings. The van der Waals surface area contributed by atoms with Crippen LogP contribution in [0.25, 0.3) is 0 Å². The SMILES string of the molecule is O=C(NCCN1CCCC1)[C@H](Cc1ccccc1)n1cnnn1. The van der Waals surface area contributed by atoms with Crippen LogP contribution in [0.15, 0.2) is 36.7 Å². The van der Waals surface area contributed by atoms with Crippen molar-refractivity contribution in [2.45, 2.75) is 25.3 Å². The summed E-state index contributed by atoms with van der Waals surface area (Å²) in [7, 11) is 0. The van der Waals surface area contributed by atoms with Crippen molar-refractivity contribution in [1.29, 1.82) is 0 Å². The molecule has 7 heteroatoms. The number of nitrogens with one attached hydrogen (secondary N) is 1. The molecule has 0 saturated carbocycles. The second-order valence-electron chi connectivity index (χ2n) is 5.84. The summed E-state index contributed by atoms with van der Waals surface area (Å²) in [5.74, 6) is -0.0413. The molecule has 1 atom stereocenters. The molecular weight excluding hydrogens is 292 g/mol. The lowest BCUT2D eigenvalue weighted by Gasteiger charge is -2.18. The number of tetrazole rings is 1. The number of aromatic nitrogens is 4. The third-order valence-corrected chi connectivity index (χ3v) is 4.18. The third-order valence-electron chi connectivity index (χ3n) is 4.18. The van der Waals surface area contributed by atoms with Gasteiger partial charge in [0.2, 0.25) is 5.91 Å². The summed E-state index contributed by atoms with van der Waals surface area (Å²) in [6, 6.07) is 9.50. The molecule has 0 radical (unpaired) electrons. The molecule has 0 unspecified atom stereocenters. The van der Waals surface area contributed by atoms with Crippen molar-refractivity contribution < 1.29 is 4.79 Å². The fourth-order valence-electron chi connectivity index (χ4n) is 2.92. The summed E-state index contributed by atoms with van der Waals surface area (Å²) >= 11 is 0. The summed E-state index contributed by atoms with van der Waals surface area (Å²) in [6.07, 6.45) is 4.58. The zero-order valence-electron chi connectivity index (χ0n) is 13.1. The largest absolute Gasteiger partial charge is 0.353 e. The minimum Gasteiger partial charge on any atom is -0.353 e. The maximum atomic E-state index is 12.6. The van der Waals surface area contributed by atoms with Gasteiger partial charge < -0.3 is 10.2 Å². The van der Waals surface area contributed by atoms with E-state index in [2.05, 4.69) is 25.7 Å². The normalized spacial score (nSPS) is 16.3. The van der Waals surface area contributed by atoms with Gasteiger partial charge in [-0.3, -0.25) is 4.79 Å². The summed E-state index contributed by atoms with van der Waals surface area (Å²) in [4.78, 5) is 15.0. The first-order valence-electron chi connectivity index (χ1n) is 8.09. The van der Waals surface area contributed by atoms with Crippen LogP contribution in [0.2, 0.25) is 0 Å². The number of amides is 1. The number of carbonyl (C=O) groups is 1. The lowest BCUT2D eigenvalue weighted by Crippen LogP contribution is -2.38. The van der Waals surface area contributed by atoms with E-state index in [9.17, 15) is 4.79 Å². The number of rotatable bonds is 7. The first-order valence-corrected chi connectivity index (χ1v) is 8.09. The molecule has 3 rings (SSSR count). The summed E-state index contributed by atoms with van der Waals surface area (Å²) in [6.45, 7) is 3.83. The van der Waals surface area contributed by atoms with Crippen molar-refractivity contribution in [2.24, 2.45) is 0 Å². The highest BCUT2D eigenvalue weighted by Gasteiger charge is 2.22. The van der Waals surface area contributed by atoms with Crippen molar-refractivity contribution in [3.05, 3.63) is 42.2 Å². The molecule has 0 aliphatic carbocycles. The molecule has 1 aromatic heterocycles. The Hall–Kier alpha value is -2.28. The number of likely N-dealkylation sites (tertiary alicyclic amines) is 1. The number of carbonyl (C=O) groups excluding carboxylic acids is 1. The molecule has 1 amide bonds. The highest BCUT2D eigenvalue weighted by atomic mass is 16.2. The molecule has 0 spiro atoms. The molecule has 1 aromatic carbocycles. The standard InChI is InChI=1S/C16H22N6O/c23-16(17-8-11-21-9-4-5-10-21)15(22-13-18-19-20-22)12-14-6-2-1-3-7-14/h1-3,6-7,13,15H,4-5,8-12H2,(H,17,23)/t15-/m0/s1. The van der Waals surface area contributed by atoms with E-state index in [1.165, 1.54) is 23.9 Å². The Morgan fingerprint density at radius 1 is 1.22 bits per heavy atom. The van der Waals surface area contributed by atoms with Gasteiger partial charge >= 0.3 is 0 Å². The minimum absolute atomic E-state index is 0.0413. The van der Waals surface area contributed by atoms with Crippen LogP contribution < -0.4 is 5.32 Å². The molecule has 0 bridgehead atoms. The van der Waals surface area contributed by atoms with Crippen molar-refractivity contribution in [1.82, 2.24) is 30.4 Å². The van der Waals surface area contributed by atoms with E-state index in [0.29, 0.717) is 13.0 Å². The Kier molecular flexibility index (Phi) is 5.31. The molecule has 7 nitrogen and oxygen atoms in total. The average molecular weight is 314 g/mol. The van der Waals surface area contributed by atoms with Crippen LogP contribution in [0.3, 0.4) is 0 Å². The van der Waals surface area contributed by atoms with E-state index >= 15 is 0 Å². The Morgan fingerprint density at radius 3 is 2.70 bits per heavy atom. The fraction of sp³-hybridized carbons (Fsp3) is 0.500. The Bertz CT molecular complexity index is 594. The summed E-state index contributed by atoms with van der Waals surface area (Å²) in [5, 5.41) is 14.2. The Balaban J connectivity index is 1.59. The highest BCUT2D eigenvalue weighted by Crippen LogP contribution is 2.13. The monoisotopic (exact) mass is 314 g/mol. The third kappa shape index (κ3) is 4.35. The second-order valence-corrected chi connectivity index (χ2v) is 5.84. The number of nitrogens with zero attached hydrogens (tertiary/aromatic N) is 5. The van der Waals surface area contributed by atoms with Gasteiger partial charge in [0.25, 0.3) is 0 Å². The van der Waals surface area contributed by atoms with Gasteiger partial charge in [0.1, 0.15) is 12.4 Å². The smallest absolute Gasteiger partial charge is 0.245 e. The molecule has 23 heavy (non-hydrogen) atoms. The van der Waals surface area contributed by atoms with Crippen LogP contribution in [0.4, 0.5) is 0 Å². The van der Waals surface area contributed by atoms with Crippen LogP contribution in [-0.2, 0) is 11.2 Å². The van der Waals surface area contributed by atoms with E-state index in [1.54, 1.807) is 0 Å². The summed E-state index contributed by atoms with van der Waals surface area (Å²) < 4.78 is 1.53. The second kappa shape index (κ2) is 7.82. The molecule has 2 aromatic rings. The van der Waals surface area contributed by atoms with Gasteiger partial charge in [-0.25, -0.2) is 4.68 Å². The van der Waals surface area contributed by atoms with E-state index in [1.807, 2.05) is 30.3 Å². The summed E-state index contributed by atoms with van der Waals surface area (Å²) in [5.41, 5.74) is 1.09. The number of benzene rings is 1. The molecule has 1 N–H and O–H groups in total. The van der Waals surface area contributed by atoms with Gasteiger partial charge in [-0.2, -0.15) is 0 Å². The maximum Gasteiger partial charge on any atom is 0.245 e. The lowest BCUT2D eigenvalue weighted by atomic mass is 10.1. The first-order chi connectivity index (χ1) is 11.3. The maximum absolute atomic E-state index is 12.6. The van der Waals surface area contributed by atoms with Crippen LogP contribution in [0.1, 0.15) is 24.4 Å². The molecular formula is C16H22N6O. The zero-order chi connectivity index (χ0) is 15.9. The average Bonchev–Trinajstić information content (AvgIpc) is 3.27. The van der Waals surface area contributed by atoms with Crippen molar-refractivity contribution >= 4 is 5.91 Å². The van der Waals surface area contributed by atoms with Gasteiger partial charge in [0.15, 0.2) is 0 Å². The van der Waals surface area contributed by atoms with Crippen LogP contribution in [-0.4, -0.2) is 57.2 Å². The Labute approximate surface area is 135 Å². The van der Waals surface area contributed by atoms with Crippen molar-refractivity contribution in [3.63, 3.8) is 0 Å². The van der Waals surface area contributed by atoms with Crippen molar-refractivity contribution in [3.8, 4) is 0 Å². The van der Waals surface area contributed by atoms with Gasteiger partial charge in [0, 0.05) is 19.5 Å². The van der Waals surface area contributed by atoms with Gasteiger partial charge in [0.05, 0.1) is 0 Å². The minimum atomic E-state index is -0.425. The number of hydrogen-bond acceptors (Lipinski definition) is 5. The predicted molar refractivity (Wildman–Crippen MR) is 85.7 cm³/mol. The molecule has 1 aliphatic rings. The van der Waals surface area contributed by atoms with E-state index in [-0.39, 0.29) is 5.91 Å². The highest BCUT2D eigenvalue weighted by molar-refractivity contribution is 5.80. The quantitative estimate of drug-likeness (QED) is 0.813.